The molecule has 2 rings (SSSR count). The number of rotatable bonds is 3. The minimum Gasteiger partial charge on any atom is -0.342 e. The van der Waals surface area contributed by atoms with Crippen LogP contribution in [0.25, 0.3) is 0 Å². The van der Waals surface area contributed by atoms with Crippen molar-refractivity contribution < 1.29 is 4.79 Å². The molecule has 0 aliphatic carbocycles. The van der Waals surface area contributed by atoms with Gasteiger partial charge in [-0.2, -0.15) is 0 Å². The van der Waals surface area contributed by atoms with Gasteiger partial charge >= 0.3 is 0 Å². The van der Waals surface area contributed by atoms with Gasteiger partial charge in [0.1, 0.15) is 10.0 Å². The lowest BCUT2D eigenvalue weighted by molar-refractivity contribution is -0.140. The number of carbonyl (C=O) groups excluding carboxylic acids is 1. The molecule has 0 radical (unpaired) electrons. The Hall–Kier alpha value is -0.970. The molecular formula is C16H27N3OS. The number of piperidine rings is 1. The second-order valence-electron chi connectivity index (χ2n) is 7.47. The van der Waals surface area contributed by atoms with Crippen LogP contribution >= 0.6 is 11.3 Å². The molecule has 1 unspecified atom stereocenters. The number of hydrogen-bond acceptors (Lipinski definition) is 4. The molecule has 0 N–H and O–H groups in total. The van der Waals surface area contributed by atoms with Crippen molar-refractivity contribution >= 4 is 17.2 Å². The molecule has 0 aromatic carbocycles. The van der Waals surface area contributed by atoms with Gasteiger partial charge in [-0.15, -0.1) is 21.5 Å². The van der Waals surface area contributed by atoms with E-state index in [4.69, 9.17) is 0 Å². The summed E-state index contributed by atoms with van der Waals surface area (Å²) in [6.07, 6.45) is 3.17. The second kappa shape index (κ2) is 6.42. The first-order valence-corrected chi connectivity index (χ1v) is 8.70. The lowest BCUT2D eigenvalue weighted by Crippen LogP contribution is -2.44. The number of likely N-dealkylation sites (tertiary alicyclic amines) is 1. The third-order valence-corrected chi connectivity index (χ3v) is 4.87. The van der Waals surface area contributed by atoms with Gasteiger partial charge in [0, 0.05) is 30.8 Å². The van der Waals surface area contributed by atoms with Gasteiger partial charge in [0.2, 0.25) is 5.91 Å². The summed E-state index contributed by atoms with van der Waals surface area (Å²) in [6.45, 7) is 12.0. The Morgan fingerprint density at radius 2 is 2.10 bits per heavy atom. The SMILES string of the molecule is CC(C)Cc1nnc(C2CCCN(C(=O)C(C)(C)C)C2)s1. The number of carbonyl (C=O) groups is 1. The molecule has 1 atom stereocenters. The first-order valence-electron chi connectivity index (χ1n) is 7.89. The summed E-state index contributed by atoms with van der Waals surface area (Å²) in [6, 6.07) is 0. The molecule has 21 heavy (non-hydrogen) atoms. The average molecular weight is 309 g/mol. The maximum absolute atomic E-state index is 12.4. The predicted molar refractivity (Wildman–Crippen MR) is 86.5 cm³/mol. The van der Waals surface area contributed by atoms with Gasteiger partial charge < -0.3 is 4.90 Å². The fourth-order valence-electron chi connectivity index (χ4n) is 2.70. The molecule has 118 valence electrons. The highest BCUT2D eigenvalue weighted by molar-refractivity contribution is 7.11. The molecular weight excluding hydrogens is 282 g/mol. The molecule has 0 spiro atoms. The Kier molecular flexibility index (Phi) is 5.02. The van der Waals surface area contributed by atoms with E-state index in [1.165, 1.54) is 0 Å². The highest BCUT2D eigenvalue weighted by Crippen LogP contribution is 2.31. The van der Waals surface area contributed by atoms with Crippen LogP contribution in [0.3, 0.4) is 0 Å². The van der Waals surface area contributed by atoms with Gasteiger partial charge in [0.15, 0.2) is 0 Å². The Balaban J connectivity index is 2.04. The van der Waals surface area contributed by atoms with E-state index in [2.05, 4.69) is 24.0 Å². The van der Waals surface area contributed by atoms with Crippen LogP contribution in [0.15, 0.2) is 0 Å². The van der Waals surface area contributed by atoms with E-state index in [1.807, 2.05) is 25.7 Å². The Bertz CT molecular complexity index is 490. The third-order valence-electron chi connectivity index (χ3n) is 3.76. The Labute approximate surface area is 132 Å². The van der Waals surface area contributed by atoms with Crippen molar-refractivity contribution in [3.05, 3.63) is 10.0 Å². The fourth-order valence-corrected chi connectivity index (χ4v) is 3.88. The molecule has 5 heteroatoms. The minimum absolute atomic E-state index is 0.249. The van der Waals surface area contributed by atoms with Gasteiger partial charge in [-0.05, 0) is 18.8 Å². The molecule has 1 aromatic heterocycles. The first-order chi connectivity index (χ1) is 9.77. The number of nitrogens with zero attached hydrogens (tertiary/aromatic N) is 3. The number of amides is 1. The van der Waals surface area contributed by atoms with Gasteiger partial charge in [-0.25, -0.2) is 0 Å². The van der Waals surface area contributed by atoms with Crippen LogP contribution in [0, 0.1) is 11.3 Å². The summed E-state index contributed by atoms with van der Waals surface area (Å²) in [5, 5.41) is 10.9. The van der Waals surface area contributed by atoms with Crippen LogP contribution < -0.4 is 0 Å². The number of hydrogen-bond donors (Lipinski definition) is 0. The van der Waals surface area contributed by atoms with Gasteiger partial charge in [-0.1, -0.05) is 34.6 Å². The molecule has 1 aliphatic heterocycles. The molecule has 1 saturated heterocycles. The molecule has 4 nitrogen and oxygen atoms in total. The summed E-state index contributed by atoms with van der Waals surface area (Å²) < 4.78 is 0. The predicted octanol–water partition coefficient (Wildman–Crippen LogP) is 3.49. The van der Waals surface area contributed by atoms with Gasteiger partial charge in [0.25, 0.3) is 0 Å². The average Bonchev–Trinajstić information content (AvgIpc) is 2.84. The molecule has 0 bridgehead atoms. The minimum atomic E-state index is -0.300. The van der Waals surface area contributed by atoms with Crippen LogP contribution in [0.2, 0.25) is 0 Å². The Morgan fingerprint density at radius 3 is 2.71 bits per heavy atom. The summed E-state index contributed by atoms with van der Waals surface area (Å²) in [5.74, 6) is 1.22. The van der Waals surface area contributed by atoms with E-state index < -0.39 is 0 Å². The van der Waals surface area contributed by atoms with Gasteiger partial charge in [-0.3, -0.25) is 4.79 Å². The summed E-state index contributed by atoms with van der Waals surface area (Å²) in [7, 11) is 0. The standard InChI is InChI=1S/C16H27N3OS/c1-11(2)9-13-17-18-14(21-13)12-7-6-8-19(10-12)15(20)16(3,4)5/h11-12H,6-10H2,1-5H3. The summed E-state index contributed by atoms with van der Waals surface area (Å²) >= 11 is 1.73. The molecule has 0 saturated carbocycles. The second-order valence-corrected chi connectivity index (χ2v) is 8.57. The molecule has 1 amide bonds. The van der Waals surface area contributed by atoms with E-state index in [0.717, 1.165) is 42.4 Å². The molecule has 1 aromatic rings. The van der Waals surface area contributed by atoms with Crippen LogP contribution in [0.5, 0.6) is 0 Å². The quantitative estimate of drug-likeness (QED) is 0.858. The first kappa shape index (κ1) is 16.4. The lowest BCUT2D eigenvalue weighted by atomic mass is 9.91. The van der Waals surface area contributed by atoms with Crippen LogP contribution in [-0.4, -0.2) is 34.1 Å². The van der Waals surface area contributed by atoms with Crippen LogP contribution in [0.1, 0.15) is 63.4 Å². The van der Waals surface area contributed by atoms with Crippen molar-refractivity contribution in [1.29, 1.82) is 0 Å². The smallest absolute Gasteiger partial charge is 0.227 e. The fraction of sp³-hybridized carbons (Fsp3) is 0.812. The van der Waals surface area contributed by atoms with E-state index in [9.17, 15) is 4.79 Å². The van der Waals surface area contributed by atoms with Gasteiger partial charge in [0.05, 0.1) is 0 Å². The normalized spacial score (nSPS) is 20.1. The zero-order valence-corrected chi connectivity index (χ0v) is 14.7. The third kappa shape index (κ3) is 4.25. The lowest BCUT2D eigenvalue weighted by Gasteiger charge is -2.35. The van der Waals surface area contributed by atoms with Crippen molar-refractivity contribution in [2.45, 2.75) is 59.8 Å². The van der Waals surface area contributed by atoms with Crippen molar-refractivity contribution in [2.75, 3.05) is 13.1 Å². The zero-order chi connectivity index (χ0) is 15.6. The Morgan fingerprint density at radius 1 is 1.38 bits per heavy atom. The van der Waals surface area contributed by atoms with Crippen LogP contribution in [0.4, 0.5) is 0 Å². The monoisotopic (exact) mass is 309 g/mol. The van der Waals surface area contributed by atoms with E-state index in [0.29, 0.717) is 11.8 Å². The highest BCUT2D eigenvalue weighted by Gasteiger charge is 2.32. The largest absolute Gasteiger partial charge is 0.342 e. The highest BCUT2D eigenvalue weighted by atomic mass is 32.1. The number of aromatic nitrogens is 2. The molecule has 1 fully saturated rings. The van der Waals surface area contributed by atoms with Crippen molar-refractivity contribution in [1.82, 2.24) is 15.1 Å². The van der Waals surface area contributed by atoms with E-state index >= 15 is 0 Å². The maximum Gasteiger partial charge on any atom is 0.227 e. The van der Waals surface area contributed by atoms with E-state index in [-0.39, 0.29) is 11.3 Å². The topological polar surface area (TPSA) is 46.1 Å². The summed E-state index contributed by atoms with van der Waals surface area (Å²) in [4.78, 5) is 14.5. The van der Waals surface area contributed by atoms with Crippen LogP contribution in [-0.2, 0) is 11.2 Å². The molecule has 1 aliphatic rings. The van der Waals surface area contributed by atoms with Crippen molar-refractivity contribution in [3.63, 3.8) is 0 Å². The van der Waals surface area contributed by atoms with E-state index in [1.54, 1.807) is 11.3 Å². The van der Waals surface area contributed by atoms with Crippen molar-refractivity contribution in [2.24, 2.45) is 11.3 Å². The molecule has 2 heterocycles. The zero-order valence-electron chi connectivity index (χ0n) is 13.8. The maximum atomic E-state index is 12.4. The van der Waals surface area contributed by atoms with Crippen molar-refractivity contribution in [3.8, 4) is 0 Å². The summed E-state index contributed by atoms with van der Waals surface area (Å²) in [5.41, 5.74) is -0.300.